The maximum atomic E-state index is 6.03. The Morgan fingerprint density at radius 1 is 1.25 bits per heavy atom. The van der Waals surface area contributed by atoms with Crippen LogP contribution in [-0.4, -0.2) is 44.0 Å². The first-order valence-corrected chi connectivity index (χ1v) is 7.46. The number of nitrogens with zero attached hydrogens (tertiary/aromatic N) is 2. The summed E-state index contributed by atoms with van der Waals surface area (Å²) < 4.78 is 0. The molecule has 0 bridgehead atoms. The first kappa shape index (κ1) is 15.5. The summed E-state index contributed by atoms with van der Waals surface area (Å²) in [7, 11) is 6.49. The van der Waals surface area contributed by atoms with Gasteiger partial charge in [0.25, 0.3) is 0 Å². The van der Waals surface area contributed by atoms with E-state index >= 15 is 0 Å². The molecule has 0 aromatic heterocycles. The topological polar surface area (TPSA) is 32.5 Å². The predicted molar refractivity (Wildman–Crippen MR) is 86.0 cm³/mol. The molecule has 0 aliphatic carbocycles. The van der Waals surface area contributed by atoms with Crippen LogP contribution in [0.4, 0.5) is 0 Å². The molecular formula is C17H29N3. The fourth-order valence-corrected chi connectivity index (χ4v) is 3.12. The van der Waals surface area contributed by atoms with Crippen molar-refractivity contribution in [3.05, 3.63) is 34.9 Å². The van der Waals surface area contributed by atoms with Gasteiger partial charge in [-0.1, -0.05) is 39.0 Å². The summed E-state index contributed by atoms with van der Waals surface area (Å²) in [4.78, 5) is 4.69. The molecular weight excluding hydrogens is 246 g/mol. The van der Waals surface area contributed by atoms with Crippen LogP contribution in [0.25, 0.3) is 0 Å². The minimum atomic E-state index is 0.178. The predicted octanol–water partition coefficient (Wildman–Crippen LogP) is 2.53. The van der Waals surface area contributed by atoms with Crippen LogP contribution < -0.4 is 5.73 Å². The van der Waals surface area contributed by atoms with Crippen molar-refractivity contribution >= 4 is 0 Å². The molecule has 3 heteroatoms. The molecule has 1 aromatic rings. The van der Waals surface area contributed by atoms with Crippen molar-refractivity contribution < 1.29 is 0 Å². The summed E-state index contributed by atoms with van der Waals surface area (Å²) in [5.41, 5.74) is 10.5. The highest BCUT2D eigenvalue weighted by Gasteiger charge is 2.32. The molecule has 1 aliphatic rings. The number of likely N-dealkylation sites (N-methyl/N-ethyl adjacent to an activating group) is 2. The highest BCUT2D eigenvalue weighted by molar-refractivity contribution is 5.41. The van der Waals surface area contributed by atoms with Gasteiger partial charge in [0.05, 0.1) is 0 Å². The molecule has 1 aliphatic heterocycles. The lowest BCUT2D eigenvalue weighted by Crippen LogP contribution is -2.42. The van der Waals surface area contributed by atoms with Crippen LogP contribution >= 0.6 is 0 Å². The zero-order valence-electron chi connectivity index (χ0n) is 13.8. The molecule has 2 rings (SSSR count). The molecule has 20 heavy (non-hydrogen) atoms. The van der Waals surface area contributed by atoms with Gasteiger partial charge >= 0.3 is 0 Å². The molecule has 0 radical (unpaired) electrons. The standard InChI is InChI=1S/C17H29N3/c1-17(2,3)12-7-8-13-14(9-12)15(10-18)20(6)11-16(13)19(4)5/h7-9,15-16H,10-11,18H2,1-6H3. The Kier molecular flexibility index (Phi) is 4.24. The Morgan fingerprint density at radius 2 is 1.90 bits per heavy atom. The highest BCUT2D eigenvalue weighted by Crippen LogP contribution is 2.38. The monoisotopic (exact) mass is 275 g/mol. The van der Waals surface area contributed by atoms with Gasteiger partial charge in [0.2, 0.25) is 0 Å². The normalized spacial score (nSPS) is 24.0. The first-order valence-electron chi connectivity index (χ1n) is 7.46. The Bertz CT molecular complexity index is 474. The van der Waals surface area contributed by atoms with E-state index in [2.05, 4.69) is 69.9 Å². The van der Waals surface area contributed by atoms with Crippen molar-refractivity contribution in [1.29, 1.82) is 0 Å². The van der Waals surface area contributed by atoms with Crippen LogP contribution in [-0.2, 0) is 5.41 Å². The van der Waals surface area contributed by atoms with Gasteiger partial charge in [0, 0.05) is 25.2 Å². The lowest BCUT2D eigenvalue weighted by Gasteiger charge is -2.41. The summed E-state index contributed by atoms with van der Waals surface area (Å²) in [6.07, 6.45) is 0. The van der Waals surface area contributed by atoms with Gasteiger partial charge in [-0.05, 0) is 43.2 Å². The van der Waals surface area contributed by atoms with E-state index in [1.54, 1.807) is 0 Å². The Hall–Kier alpha value is -0.900. The molecule has 0 saturated carbocycles. The molecule has 0 fully saturated rings. The van der Waals surface area contributed by atoms with E-state index in [9.17, 15) is 0 Å². The third-order valence-electron chi connectivity index (χ3n) is 4.51. The van der Waals surface area contributed by atoms with Crippen molar-refractivity contribution in [2.24, 2.45) is 5.73 Å². The van der Waals surface area contributed by atoms with Gasteiger partial charge < -0.3 is 10.6 Å². The molecule has 0 saturated heterocycles. The van der Waals surface area contributed by atoms with E-state index in [1.807, 2.05) is 0 Å². The Balaban J connectivity index is 2.54. The second-order valence-corrected chi connectivity index (χ2v) is 7.26. The lowest BCUT2D eigenvalue weighted by atomic mass is 9.81. The smallest absolute Gasteiger partial charge is 0.0472 e. The molecule has 3 nitrogen and oxygen atoms in total. The molecule has 2 atom stereocenters. The van der Waals surface area contributed by atoms with Crippen molar-refractivity contribution in [2.75, 3.05) is 34.2 Å². The second kappa shape index (κ2) is 5.47. The van der Waals surface area contributed by atoms with Crippen molar-refractivity contribution in [2.45, 2.75) is 38.3 Å². The number of rotatable bonds is 2. The minimum absolute atomic E-state index is 0.178. The number of fused-ring (bicyclic) bond motifs is 1. The fourth-order valence-electron chi connectivity index (χ4n) is 3.12. The van der Waals surface area contributed by atoms with Crippen LogP contribution in [0.5, 0.6) is 0 Å². The maximum absolute atomic E-state index is 6.03. The second-order valence-electron chi connectivity index (χ2n) is 7.26. The summed E-state index contributed by atoms with van der Waals surface area (Å²) in [6.45, 7) is 8.51. The van der Waals surface area contributed by atoms with Crippen LogP contribution in [0.2, 0.25) is 0 Å². The largest absolute Gasteiger partial charge is 0.329 e. The Morgan fingerprint density at radius 3 is 2.40 bits per heavy atom. The quantitative estimate of drug-likeness (QED) is 0.900. The van der Waals surface area contributed by atoms with E-state index in [4.69, 9.17) is 5.73 Å². The average Bonchev–Trinajstić information content (AvgIpc) is 2.35. The zero-order chi connectivity index (χ0) is 15.1. The van der Waals surface area contributed by atoms with E-state index in [0.717, 1.165) is 6.54 Å². The molecule has 0 amide bonds. The third-order valence-corrected chi connectivity index (χ3v) is 4.51. The average molecular weight is 275 g/mol. The summed E-state index contributed by atoms with van der Waals surface area (Å²) in [5, 5.41) is 0. The maximum Gasteiger partial charge on any atom is 0.0472 e. The van der Waals surface area contributed by atoms with E-state index in [1.165, 1.54) is 16.7 Å². The SMILES string of the molecule is CN(C)C1CN(C)C(CN)c2cc(C(C)(C)C)ccc21. The fraction of sp³-hybridized carbons (Fsp3) is 0.647. The van der Waals surface area contributed by atoms with E-state index in [-0.39, 0.29) is 5.41 Å². The highest BCUT2D eigenvalue weighted by atomic mass is 15.2. The number of hydrogen-bond acceptors (Lipinski definition) is 3. The number of benzene rings is 1. The molecule has 1 aromatic carbocycles. The van der Waals surface area contributed by atoms with Crippen LogP contribution in [0, 0.1) is 0 Å². The summed E-state index contributed by atoms with van der Waals surface area (Å²) in [5.74, 6) is 0. The van der Waals surface area contributed by atoms with Crippen LogP contribution in [0.15, 0.2) is 18.2 Å². The summed E-state index contributed by atoms with van der Waals surface area (Å²) in [6, 6.07) is 7.76. The number of nitrogens with two attached hydrogens (primary N) is 1. The van der Waals surface area contributed by atoms with Gasteiger partial charge in [-0.25, -0.2) is 0 Å². The van der Waals surface area contributed by atoms with Crippen molar-refractivity contribution in [1.82, 2.24) is 9.80 Å². The third kappa shape index (κ3) is 2.76. The molecule has 112 valence electrons. The Labute approximate surface area is 123 Å². The minimum Gasteiger partial charge on any atom is -0.329 e. The molecule has 1 heterocycles. The van der Waals surface area contributed by atoms with E-state index in [0.29, 0.717) is 18.6 Å². The zero-order valence-corrected chi connectivity index (χ0v) is 13.8. The van der Waals surface area contributed by atoms with Gasteiger partial charge in [-0.3, -0.25) is 4.90 Å². The summed E-state index contributed by atoms with van der Waals surface area (Å²) >= 11 is 0. The van der Waals surface area contributed by atoms with Gasteiger partial charge in [0.1, 0.15) is 0 Å². The van der Waals surface area contributed by atoms with E-state index < -0.39 is 0 Å². The van der Waals surface area contributed by atoms with Gasteiger partial charge in [-0.2, -0.15) is 0 Å². The first-order chi connectivity index (χ1) is 9.25. The molecule has 0 spiro atoms. The lowest BCUT2D eigenvalue weighted by molar-refractivity contribution is 0.148. The molecule has 2 N–H and O–H groups in total. The van der Waals surface area contributed by atoms with Gasteiger partial charge in [-0.15, -0.1) is 0 Å². The molecule has 2 unspecified atom stereocenters. The van der Waals surface area contributed by atoms with Crippen LogP contribution in [0.3, 0.4) is 0 Å². The van der Waals surface area contributed by atoms with Crippen molar-refractivity contribution in [3.63, 3.8) is 0 Å². The number of hydrogen-bond donors (Lipinski definition) is 1. The van der Waals surface area contributed by atoms with Gasteiger partial charge in [0.15, 0.2) is 0 Å². The van der Waals surface area contributed by atoms with Crippen molar-refractivity contribution in [3.8, 4) is 0 Å². The van der Waals surface area contributed by atoms with Crippen LogP contribution in [0.1, 0.15) is 49.5 Å².